The molecule has 0 bridgehead atoms. The summed E-state index contributed by atoms with van der Waals surface area (Å²) in [5, 5.41) is 19.9. The molecule has 1 N–H and O–H groups in total. The summed E-state index contributed by atoms with van der Waals surface area (Å²) in [6, 6.07) is 32.2. The van der Waals surface area contributed by atoms with Crippen LogP contribution in [0.4, 0.5) is 0 Å². The molecule has 1 radical (unpaired) electrons. The number of aliphatic hydroxyl groups is 1. The molecule has 0 aliphatic heterocycles. The molecule has 0 heterocycles. The Balaban J connectivity index is 0.00000280. The monoisotopic (exact) mass is 583 g/mol. The first-order valence-electron chi connectivity index (χ1n) is 9.20. The fourth-order valence-corrected chi connectivity index (χ4v) is 3.31. The molecular weight excluding hydrogens is 559 g/mol. The van der Waals surface area contributed by atoms with E-state index in [1.54, 1.807) is 0 Å². The van der Waals surface area contributed by atoms with Gasteiger partial charge in [-0.3, -0.25) is 4.90 Å². The molecule has 3 rings (SSSR count). The average molecular weight is 583 g/mol. The summed E-state index contributed by atoms with van der Waals surface area (Å²) in [5.41, 5.74) is 3.44. The van der Waals surface area contributed by atoms with Crippen LogP contribution in [0.25, 0.3) is 0 Å². The zero-order chi connectivity index (χ0) is 18.9. The normalized spacial score (nSPS) is 12.6. The summed E-state index contributed by atoms with van der Waals surface area (Å²) in [7, 11) is 0. The van der Waals surface area contributed by atoms with Crippen molar-refractivity contribution in [2.24, 2.45) is 0 Å². The molecule has 4 heteroatoms. The van der Waals surface area contributed by atoms with Crippen molar-refractivity contribution in [3.63, 3.8) is 0 Å². The number of aliphatic hydroxyl groups excluding tert-OH is 1. The summed E-state index contributed by atoms with van der Waals surface area (Å²) in [6.07, 6.45) is -0.437. The molecule has 0 amide bonds. The van der Waals surface area contributed by atoms with Gasteiger partial charge in [-0.25, -0.2) is 0 Å². The largest absolute Gasteiger partial charge is 0.376 e. The first-order valence-corrected chi connectivity index (χ1v) is 9.20. The first-order chi connectivity index (χ1) is 13.3. The van der Waals surface area contributed by atoms with E-state index in [9.17, 15) is 10.4 Å². The Kier molecular flexibility index (Phi) is 9.90. The molecule has 3 aromatic carbocycles. The van der Waals surface area contributed by atoms with Crippen LogP contribution >= 0.6 is 0 Å². The Morgan fingerprint density at radius 2 is 1.11 bits per heavy atom. The van der Waals surface area contributed by atoms with Crippen LogP contribution in [0.2, 0.25) is 0 Å². The van der Waals surface area contributed by atoms with Crippen molar-refractivity contribution in [3.8, 4) is 6.07 Å². The van der Waals surface area contributed by atoms with Gasteiger partial charge in [-0.2, -0.15) is 5.26 Å². The number of benzene rings is 3. The summed E-state index contributed by atoms with van der Waals surface area (Å²) >= 11 is 0. The van der Waals surface area contributed by atoms with E-state index < -0.39 is 6.10 Å². The quantitative estimate of drug-likeness (QED) is 0.405. The van der Waals surface area contributed by atoms with Crippen LogP contribution in [-0.4, -0.2) is 22.2 Å². The molecule has 0 aliphatic rings. The van der Waals surface area contributed by atoms with Crippen LogP contribution in [0.15, 0.2) is 91.0 Å². The summed E-state index contributed by atoms with van der Waals surface area (Å²) in [5.74, 6) is 0. The average Bonchev–Trinajstić information content (AvgIpc) is 2.73. The van der Waals surface area contributed by atoms with Crippen LogP contribution < -0.4 is 0 Å². The fraction of sp³-hybridized carbons (Fsp3) is 0.208. The fourth-order valence-electron chi connectivity index (χ4n) is 3.31. The zero-order valence-electron chi connectivity index (χ0n) is 15.9. The number of nitriles is 1. The van der Waals surface area contributed by atoms with Crippen molar-refractivity contribution >= 4 is 0 Å². The van der Waals surface area contributed by atoms with Gasteiger partial charge >= 0.3 is 0 Å². The second kappa shape index (κ2) is 12.2. The van der Waals surface area contributed by atoms with Crippen LogP contribution in [0.5, 0.6) is 0 Å². The van der Waals surface area contributed by atoms with Gasteiger partial charge in [0.05, 0.1) is 12.1 Å². The van der Waals surface area contributed by atoms with Crippen molar-refractivity contribution in [2.45, 2.75) is 31.7 Å². The second-order valence-electron chi connectivity index (χ2n) is 6.71. The van der Waals surface area contributed by atoms with E-state index in [0.29, 0.717) is 19.5 Å². The van der Waals surface area contributed by atoms with Crippen molar-refractivity contribution < 1.29 is 49.2 Å². The standard InChI is InChI=1S/C24H24N2O.Ac/c25-17-24(27)23(16-20-10-4-1-5-11-20)26(18-21-12-6-2-7-13-21)19-22-14-8-3-9-15-22;/h1-15,23-24,27H,16,18-19H2;. The Morgan fingerprint density at radius 1 is 0.714 bits per heavy atom. The van der Waals surface area contributed by atoms with Gasteiger partial charge in [0.2, 0.25) is 0 Å². The molecule has 0 aromatic heterocycles. The van der Waals surface area contributed by atoms with Gasteiger partial charge in [0, 0.05) is 57.2 Å². The maximum atomic E-state index is 10.5. The second-order valence-corrected chi connectivity index (χ2v) is 6.71. The minimum atomic E-state index is -1.06. The predicted molar refractivity (Wildman–Crippen MR) is 108 cm³/mol. The van der Waals surface area contributed by atoms with E-state index in [1.165, 1.54) is 0 Å². The van der Waals surface area contributed by atoms with Crippen LogP contribution in [0.3, 0.4) is 0 Å². The zero-order valence-corrected chi connectivity index (χ0v) is 20.6. The number of hydrogen-bond acceptors (Lipinski definition) is 3. The van der Waals surface area contributed by atoms with Crippen molar-refractivity contribution in [1.29, 1.82) is 5.26 Å². The molecule has 0 saturated heterocycles. The predicted octanol–water partition coefficient (Wildman–Crippen LogP) is 4.18. The van der Waals surface area contributed by atoms with E-state index in [1.807, 2.05) is 66.7 Å². The third-order valence-corrected chi connectivity index (χ3v) is 4.71. The minimum absolute atomic E-state index is 0. The SMILES string of the molecule is N#CC(O)C(Cc1ccccc1)N(Cc1ccccc1)Cc1ccccc1.[Ac]. The summed E-state index contributed by atoms with van der Waals surface area (Å²) < 4.78 is 0. The van der Waals surface area contributed by atoms with Crippen molar-refractivity contribution in [3.05, 3.63) is 108 Å². The molecule has 2 atom stereocenters. The Hall–Kier alpha value is -1.49. The third-order valence-electron chi connectivity index (χ3n) is 4.71. The Bertz CT molecular complexity index is 809. The van der Waals surface area contributed by atoms with Crippen LogP contribution in [0, 0.1) is 55.4 Å². The van der Waals surface area contributed by atoms with Crippen molar-refractivity contribution in [1.82, 2.24) is 4.90 Å². The third kappa shape index (κ3) is 6.84. The molecule has 0 fully saturated rings. The molecule has 0 spiro atoms. The number of nitrogens with zero attached hydrogens (tertiary/aromatic N) is 2. The van der Waals surface area contributed by atoms with Crippen LogP contribution in [0.1, 0.15) is 16.7 Å². The van der Waals surface area contributed by atoms with Gasteiger partial charge in [-0.1, -0.05) is 91.0 Å². The van der Waals surface area contributed by atoms with Crippen LogP contribution in [-0.2, 0) is 19.5 Å². The smallest absolute Gasteiger partial charge is 0.156 e. The summed E-state index contributed by atoms with van der Waals surface area (Å²) in [6.45, 7) is 1.35. The van der Waals surface area contributed by atoms with Gasteiger partial charge in [-0.15, -0.1) is 0 Å². The molecular formula is C24H24AcN2O. The van der Waals surface area contributed by atoms with E-state index in [2.05, 4.69) is 35.2 Å². The summed E-state index contributed by atoms with van der Waals surface area (Å²) in [4.78, 5) is 2.20. The van der Waals surface area contributed by atoms with Gasteiger partial charge in [0.25, 0.3) is 0 Å². The first kappa shape index (κ1) is 22.8. The number of rotatable bonds is 8. The molecule has 2 unspecified atom stereocenters. The van der Waals surface area contributed by atoms with E-state index in [4.69, 9.17) is 0 Å². The minimum Gasteiger partial charge on any atom is -0.376 e. The molecule has 0 aliphatic carbocycles. The molecule has 0 saturated carbocycles. The van der Waals surface area contributed by atoms with Crippen molar-refractivity contribution in [2.75, 3.05) is 0 Å². The molecule has 3 aromatic rings. The molecule has 28 heavy (non-hydrogen) atoms. The Labute approximate surface area is 203 Å². The van der Waals surface area contributed by atoms with E-state index in [-0.39, 0.29) is 50.1 Å². The topological polar surface area (TPSA) is 47.3 Å². The molecule has 139 valence electrons. The van der Waals surface area contributed by atoms with Gasteiger partial charge in [-0.05, 0) is 23.1 Å². The van der Waals surface area contributed by atoms with E-state index in [0.717, 1.165) is 16.7 Å². The van der Waals surface area contributed by atoms with Gasteiger partial charge < -0.3 is 5.11 Å². The maximum Gasteiger partial charge on any atom is 0.156 e. The Morgan fingerprint density at radius 3 is 1.50 bits per heavy atom. The van der Waals surface area contributed by atoms with Gasteiger partial charge in [0.15, 0.2) is 6.10 Å². The number of hydrogen-bond donors (Lipinski definition) is 1. The molecule has 3 nitrogen and oxygen atoms in total. The maximum absolute atomic E-state index is 10.5. The van der Waals surface area contributed by atoms with Gasteiger partial charge in [0.1, 0.15) is 0 Å². The van der Waals surface area contributed by atoms with E-state index >= 15 is 0 Å².